The van der Waals surface area contributed by atoms with Crippen molar-refractivity contribution in [2.45, 2.75) is 26.2 Å². The molecule has 3 nitrogen and oxygen atoms in total. The molecule has 106 valence electrons. The number of rotatable bonds is 6. The maximum atomic E-state index is 5.95. The van der Waals surface area contributed by atoms with E-state index >= 15 is 0 Å². The normalized spacial score (nSPS) is 12.2. The molecule has 20 heavy (non-hydrogen) atoms. The lowest BCUT2D eigenvalue weighted by Gasteiger charge is -2.17. The molecule has 2 rings (SSSR count). The second-order valence-corrected chi connectivity index (χ2v) is 4.95. The van der Waals surface area contributed by atoms with Gasteiger partial charge in [0.15, 0.2) is 0 Å². The zero-order chi connectivity index (χ0) is 14.4. The van der Waals surface area contributed by atoms with Gasteiger partial charge < -0.3 is 10.5 Å². The third-order valence-electron chi connectivity index (χ3n) is 3.49. The smallest absolute Gasteiger partial charge is 0.122 e. The van der Waals surface area contributed by atoms with Gasteiger partial charge in [-0.3, -0.25) is 4.98 Å². The lowest BCUT2D eigenvalue weighted by molar-refractivity contribution is 0.337. The number of benzene rings is 1. The second-order valence-electron chi connectivity index (χ2n) is 4.95. The molecule has 3 heteroatoms. The molecule has 0 aliphatic rings. The van der Waals surface area contributed by atoms with Crippen LogP contribution < -0.4 is 10.5 Å². The van der Waals surface area contributed by atoms with E-state index in [9.17, 15) is 0 Å². The zero-order valence-electron chi connectivity index (χ0n) is 12.2. The number of aromatic nitrogens is 1. The number of pyridine rings is 1. The Bertz CT molecular complexity index is 540. The van der Waals surface area contributed by atoms with Crippen molar-refractivity contribution in [3.8, 4) is 5.75 Å². The van der Waals surface area contributed by atoms with E-state index in [1.807, 2.05) is 37.5 Å². The number of hydrogen-bond acceptors (Lipinski definition) is 3. The van der Waals surface area contributed by atoms with Gasteiger partial charge in [-0.05, 0) is 61.7 Å². The van der Waals surface area contributed by atoms with E-state index in [0.29, 0.717) is 19.1 Å². The van der Waals surface area contributed by atoms with Crippen molar-refractivity contribution in [3.63, 3.8) is 0 Å². The quantitative estimate of drug-likeness (QED) is 0.877. The van der Waals surface area contributed by atoms with Crippen molar-refractivity contribution in [1.82, 2.24) is 4.98 Å². The Morgan fingerprint density at radius 3 is 2.55 bits per heavy atom. The lowest BCUT2D eigenvalue weighted by Crippen LogP contribution is -2.15. The van der Waals surface area contributed by atoms with Crippen LogP contribution in [0.4, 0.5) is 0 Å². The van der Waals surface area contributed by atoms with Crippen LogP contribution in [0, 0.1) is 6.92 Å². The van der Waals surface area contributed by atoms with Gasteiger partial charge in [0.1, 0.15) is 5.75 Å². The number of nitrogens with zero attached hydrogens (tertiary/aromatic N) is 1. The van der Waals surface area contributed by atoms with Gasteiger partial charge in [-0.1, -0.05) is 12.1 Å². The summed E-state index contributed by atoms with van der Waals surface area (Å²) in [6.45, 7) is 5.40. The Morgan fingerprint density at radius 1 is 1.20 bits per heavy atom. The summed E-state index contributed by atoms with van der Waals surface area (Å²) in [4.78, 5) is 4.05. The number of ether oxygens (including phenoxy) is 1. The molecule has 2 N–H and O–H groups in total. The summed E-state index contributed by atoms with van der Waals surface area (Å²) >= 11 is 0. The van der Waals surface area contributed by atoms with Gasteiger partial charge in [0.2, 0.25) is 0 Å². The molecular weight excluding hydrogens is 248 g/mol. The van der Waals surface area contributed by atoms with Crippen LogP contribution in [0.15, 0.2) is 42.7 Å². The van der Waals surface area contributed by atoms with E-state index in [2.05, 4.69) is 24.0 Å². The van der Waals surface area contributed by atoms with Crippen molar-refractivity contribution >= 4 is 0 Å². The number of nitrogens with two attached hydrogens (primary N) is 1. The molecule has 0 saturated carbocycles. The maximum absolute atomic E-state index is 5.95. The van der Waals surface area contributed by atoms with Gasteiger partial charge in [-0.15, -0.1) is 0 Å². The van der Waals surface area contributed by atoms with Crippen molar-refractivity contribution in [2.24, 2.45) is 5.73 Å². The third kappa shape index (κ3) is 3.58. The second kappa shape index (κ2) is 7.06. The summed E-state index contributed by atoms with van der Waals surface area (Å²) in [5.74, 6) is 1.28. The summed E-state index contributed by atoms with van der Waals surface area (Å²) in [5, 5.41) is 0. The predicted molar refractivity (Wildman–Crippen MR) is 82.1 cm³/mol. The molecule has 0 aliphatic carbocycles. The first-order valence-corrected chi connectivity index (χ1v) is 7.07. The molecule has 0 spiro atoms. The van der Waals surface area contributed by atoms with Crippen LogP contribution in [0.5, 0.6) is 5.75 Å². The van der Waals surface area contributed by atoms with Crippen LogP contribution in [0.1, 0.15) is 29.5 Å². The fraction of sp³-hybridized carbons (Fsp3) is 0.353. The molecule has 0 bridgehead atoms. The highest BCUT2D eigenvalue weighted by Gasteiger charge is 2.12. The molecule has 1 aromatic heterocycles. The fourth-order valence-electron chi connectivity index (χ4n) is 2.38. The maximum Gasteiger partial charge on any atom is 0.122 e. The monoisotopic (exact) mass is 270 g/mol. The predicted octanol–water partition coefficient (Wildman–Crippen LogP) is 3.07. The van der Waals surface area contributed by atoms with E-state index in [0.717, 1.165) is 17.7 Å². The zero-order valence-corrected chi connectivity index (χ0v) is 12.2. The molecule has 1 unspecified atom stereocenters. The Balaban J connectivity index is 2.17. The van der Waals surface area contributed by atoms with Gasteiger partial charge in [0.05, 0.1) is 6.61 Å². The lowest BCUT2D eigenvalue weighted by atomic mass is 9.91. The molecule has 2 aromatic rings. The summed E-state index contributed by atoms with van der Waals surface area (Å²) in [6, 6.07) is 10.4. The molecule has 0 fully saturated rings. The molecular formula is C17H22N2O. The van der Waals surface area contributed by atoms with E-state index in [4.69, 9.17) is 10.5 Å². The summed E-state index contributed by atoms with van der Waals surface area (Å²) < 4.78 is 5.58. The topological polar surface area (TPSA) is 48.1 Å². The van der Waals surface area contributed by atoms with Crippen LogP contribution in [0.2, 0.25) is 0 Å². The van der Waals surface area contributed by atoms with Crippen LogP contribution >= 0.6 is 0 Å². The van der Waals surface area contributed by atoms with Crippen molar-refractivity contribution in [1.29, 1.82) is 0 Å². The first kappa shape index (κ1) is 14.5. The largest absolute Gasteiger partial charge is 0.494 e. The van der Waals surface area contributed by atoms with Crippen molar-refractivity contribution in [2.75, 3.05) is 13.2 Å². The molecule has 1 aromatic carbocycles. The minimum absolute atomic E-state index is 0.326. The Morgan fingerprint density at radius 2 is 1.95 bits per heavy atom. The number of hydrogen-bond donors (Lipinski definition) is 1. The van der Waals surface area contributed by atoms with Crippen molar-refractivity contribution < 1.29 is 4.74 Å². The van der Waals surface area contributed by atoms with Crippen molar-refractivity contribution in [3.05, 3.63) is 59.4 Å². The van der Waals surface area contributed by atoms with Crippen LogP contribution in [-0.2, 0) is 6.42 Å². The molecule has 0 saturated heterocycles. The van der Waals surface area contributed by atoms with Gasteiger partial charge in [0.25, 0.3) is 0 Å². The highest BCUT2D eigenvalue weighted by atomic mass is 16.5. The summed E-state index contributed by atoms with van der Waals surface area (Å²) in [6.07, 6.45) is 4.59. The summed E-state index contributed by atoms with van der Waals surface area (Å²) in [7, 11) is 0. The van der Waals surface area contributed by atoms with Crippen LogP contribution in [0.25, 0.3) is 0 Å². The van der Waals surface area contributed by atoms with Crippen LogP contribution in [-0.4, -0.2) is 18.1 Å². The minimum atomic E-state index is 0.326. The van der Waals surface area contributed by atoms with Crippen LogP contribution in [0.3, 0.4) is 0 Å². The minimum Gasteiger partial charge on any atom is -0.494 e. The molecule has 1 atom stereocenters. The highest BCUT2D eigenvalue weighted by Crippen LogP contribution is 2.25. The first-order valence-electron chi connectivity index (χ1n) is 7.07. The molecule has 0 amide bonds. The molecule has 0 radical (unpaired) electrons. The average molecular weight is 270 g/mol. The number of aryl methyl sites for hydroxylation is 1. The van der Waals surface area contributed by atoms with Gasteiger partial charge in [0, 0.05) is 18.3 Å². The van der Waals surface area contributed by atoms with E-state index in [1.54, 1.807) is 0 Å². The summed E-state index contributed by atoms with van der Waals surface area (Å²) in [5.41, 5.74) is 9.65. The third-order valence-corrected chi connectivity index (χ3v) is 3.49. The SMILES string of the molecule is CCOc1ccc(C(CN)Cc2ccncc2)cc1C. The highest BCUT2D eigenvalue weighted by molar-refractivity contribution is 5.38. The Hall–Kier alpha value is -1.87. The fourth-order valence-corrected chi connectivity index (χ4v) is 2.38. The Kier molecular flexibility index (Phi) is 5.13. The van der Waals surface area contributed by atoms with Gasteiger partial charge in [-0.25, -0.2) is 0 Å². The standard InChI is InChI=1S/C17H22N2O/c1-3-20-17-5-4-15(10-13(17)2)16(12-18)11-14-6-8-19-9-7-14/h4-10,16H,3,11-12,18H2,1-2H3. The average Bonchev–Trinajstić information content (AvgIpc) is 2.48. The Labute approximate surface area is 120 Å². The van der Waals surface area contributed by atoms with E-state index in [-0.39, 0.29) is 0 Å². The van der Waals surface area contributed by atoms with E-state index < -0.39 is 0 Å². The molecule has 1 heterocycles. The van der Waals surface area contributed by atoms with Gasteiger partial charge in [-0.2, -0.15) is 0 Å². The first-order chi connectivity index (χ1) is 9.74. The van der Waals surface area contributed by atoms with Gasteiger partial charge >= 0.3 is 0 Å². The van der Waals surface area contributed by atoms with E-state index in [1.165, 1.54) is 11.1 Å². The molecule has 0 aliphatic heterocycles.